The lowest BCUT2D eigenvalue weighted by Gasteiger charge is -2.22. The van der Waals surface area contributed by atoms with Crippen LogP contribution in [0.15, 0.2) is 18.2 Å². The van der Waals surface area contributed by atoms with Gasteiger partial charge >= 0.3 is 0 Å². The first kappa shape index (κ1) is 19.5. The van der Waals surface area contributed by atoms with Gasteiger partial charge in [0.25, 0.3) is 0 Å². The average Bonchev–Trinajstić information content (AvgIpc) is 2.60. The number of carbonyl (C=O) groups excluding carboxylic acids is 2. The molecule has 2 amide bonds. The number of nitrogens with two attached hydrogens (primary N) is 1. The van der Waals surface area contributed by atoms with E-state index in [-0.39, 0.29) is 23.2 Å². The quantitative estimate of drug-likeness (QED) is 0.657. The molecular weight excluding hydrogens is 345 g/mol. The van der Waals surface area contributed by atoms with Gasteiger partial charge in [-0.05, 0) is 24.5 Å². The lowest BCUT2D eigenvalue weighted by Crippen LogP contribution is -2.48. The zero-order chi connectivity index (χ0) is 18.2. The fourth-order valence-corrected chi connectivity index (χ4v) is 3.33. The highest BCUT2D eigenvalue weighted by Crippen LogP contribution is 2.27. The first-order valence-corrected chi connectivity index (χ1v) is 9.11. The minimum atomic E-state index is -0.905. The zero-order valence-electron chi connectivity index (χ0n) is 14.2. The fraction of sp³-hybridized carbons (Fsp3) is 0.556. The molecule has 1 saturated carbocycles. The van der Waals surface area contributed by atoms with Gasteiger partial charge in [-0.2, -0.15) is 0 Å². The SMILES string of the molecule is NC(=O)C(CNc1cccc(Cl)c1F)NC(=O)CCC1CCCCC1. The number of halogens is 2. The second-order valence-electron chi connectivity index (χ2n) is 6.55. The molecule has 138 valence electrons. The standard InChI is InChI=1S/C18H25ClFN3O2/c19-13-7-4-8-14(17(13)20)22-11-15(18(21)25)23-16(24)10-9-12-5-2-1-3-6-12/h4,7-8,12,15,22H,1-3,5-6,9-11H2,(H2,21,25)(H,23,24). The van der Waals surface area contributed by atoms with Crippen molar-refractivity contribution in [3.63, 3.8) is 0 Å². The summed E-state index contributed by atoms with van der Waals surface area (Å²) in [5.41, 5.74) is 5.50. The summed E-state index contributed by atoms with van der Waals surface area (Å²) in [7, 11) is 0. The summed E-state index contributed by atoms with van der Waals surface area (Å²) in [6.07, 6.45) is 7.27. The third-order valence-electron chi connectivity index (χ3n) is 4.63. The first-order valence-electron chi connectivity index (χ1n) is 8.74. The van der Waals surface area contributed by atoms with Crippen molar-refractivity contribution in [2.45, 2.75) is 51.0 Å². The Morgan fingerprint density at radius 1 is 1.28 bits per heavy atom. The summed E-state index contributed by atoms with van der Waals surface area (Å²) >= 11 is 5.71. The Morgan fingerprint density at radius 2 is 2.00 bits per heavy atom. The number of hydrogen-bond donors (Lipinski definition) is 3. The normalized spacial score (nSPS) is 16.2. The van der Waals surface area contributed by atoms with E-state index in [4.69, 9.17) is 17.3 Å². The molecule has 0 aliphatic heterocycles. The summed E-state index contributed by atoms with van der Waals surface area (Å²) in [6.45, 7) is 0.00175. The number of benzene rings is 1. The van der Waals surface area contributed by atoms with E-state index in [0.29, 0.717) is 12.3 Å². The second-order valence-corrected chi connectivity index (χ2v) is 6.95. The Kier molecular flexibility index (Phi) is 7.50. The van der Waals surface area contributed by atoms with E-state index in [1.165, 1.54) is 44.2 Å². The molecule has 1 aliphatic carbocycles. The molecular formula is C18H25ClFN3O2. The molecule has 1 aromatic carbocycles. The number of carbonyl (C=O) groups is 2. The van der Waals surface area contributed by atoms with Crippen molar-refractivity contribution in [1.29, 1.82) is 0 Å². The van der Waals surface area contributed by atoms with Gasteiger partial charge in [-0.3, -0.25) is 9.59 Å². The van der Waals surface area contributed by atoms with Crippen LogP contribution in [0.3, 0.4) is 0 Å². The second kappa shape index (κ2) is 9.61. The van der Waals surface area contributed by atoms with Gasteiger partial charge < -0.3 is 16.4 Å². The topological polar surface area (TPSA) is 84.2 Å². The van der Waals surface area contributed by atoms with Gasteiger partial charge in [0.2, 0.25) is 11.8 Å². The summed E-state index contributed by atoms with van der Waals surface area (Å²) in [5, 5.41) is 5.38. The van der Waals surface area contributed by atoms with E-state index < -0.39 is 17.8 Å². The van der Waals surface area contributed by atoms with Crippen molar-refractivity contribution < 1.29 is 14.0 Å². The van der Waals surface area contributed by atoms with E-state index in [9.17, 15) is 14.0 Å². The van der Waals surface area contributed by atoms with Crippen molar-refractivity contribution in [2.24, 2.45) is 11.7 Å². The van der Waals surface area contributed by atoms with Crippen LogP contribution in [0.5, 0.6) is 0 Å². The number of primary amides is 1. The Labute approximate surface area is 152 Å². The van der Waals surface area contributed by atoms with E-state index in [1.54, 1.807) is 6.07 Å². The van der Waals surface area contributed by atoms with Crippen molar-refractivity contribution >= 4 is 29.1 Å². The maximum Gasteiger partial charge on any atom is 0.241 e. The van der Waals surface area contributed by atoms with Crippen molar-refractivity contribution in [3.05, 3.63) is 29.0 Å². The molecule has 4 N–H and O–H groups in total. The van der Waals surface area contributed by atoms with Gasteiger partial charge in [-0.1, -0.05) is 49.8 Å². The maximum absolute atomic E-state index is 13.8. The smallest absolute Gasteiger partial charge is 0.241 e. The van der Waals surface area contributed by atoms with E-state index in [1.807, 2.05) is 0 Å². The lowest BCUT2D eigenvalue weighted by molar-refractivity contribution is -0.127. The highest BCUT2D eigenvalue weighted by molar-refractivity contribution is 6.31. The number of nitrogens with one attached hydrogen (secondary N) is 2. The third kappa shape index (κ3) is 6.20. The van der Waals surface area contributed by atoms with Crippen LogP contribution in [0, 0.1) is 11.7 Å². The van der Waals surface area contributed by atoms with Crippen molar-refractivity contribution in [2.75, 3.05) is 11.9 Å². The van der Waals surface area contributed by atoms with Crippen LogP contribution in [-0.4, -0.2) is 24.4 Å². The van der Waals surface area contributed by atoms with E-state index >= 15 is 0 Å². The summed E-state index contributed by atoms with van der Waals surface area (Å²) in [6, 6.07) is 3.62. The number of amides is 2. The van der Waals surface area contributed by atoms with E-state index in [0.717, 1.165) is 6.42 Å². The summed E-state index contributed by atoms with van der Waals surface area (Å²) in [4.78, 5) is 23.7. The number of hydrogen-bond acceptors (Lipinski definition) is 3. The number of rotatable bonds is 8. The number of anilines is 1. The molecule has 0 saturated heterocycles. The van der Waals surface area contributed by atoms with Crippen LogP contribution in [0.1, 0.15) is 44.9 Å². The van der Waals surface area contributed by atoms with Crippen LogP contribution in [0.4, 0.5) is 10.1 Å². The maximum atomic E-state index is 13.8. The third-order valence-corrected chi connectivity index (χ3v) is 4.92. The molecule has 0 bridgehead atoms. The Morgan fingerprint density at radius 3 is 2.68 bits per heavy atom. The molecule has 25 heavy (non-hydrogen) atoms. The van der Waals surface area contributed by atoms with Gasteiger partial charge in [-0.25, -0.2) is 4.39 Å². The van der Waals surface area contributed by atoms with Gasteiger partial charge in [-0.15, -0.1) is 0 Å². The largest absolute Gasteiger partial charge is 0.380 e. The molecule has 0 aromatic heterocycles. The van der Waals surface area contributed by atoms with Crippen LogP contribution in [-0.2, 0) is 9.59 Å². The molecule has 7 heteroatoms. The summed E-state index contributed by atoms with van der Waals surface area (Å²) < 4.78 is 13.8. The van der Waals surface area contributed by atoms with Crippen LogP contribution in [0.25, 0.3) is 0 Å². The van der Waals surface area contributed by atoms with Crippen molar-refractivity contribution in [3.8, 4) is 0 Å². The zero-order valence-corrected chi connectivity index (χ0v) is 14.9. The van der Waals surface area contributed by atoms with Gasteiger partial charge in [0.15, 0.2) is 5.82 Å². The Balaban J connectivity index is 1.82. The molecule has 1 fully saturated rings. The van der Waals surface area contributed by atoms with Crippen LogP contribution in [0.2, 0.25) is 5.02 Å². The molecule has 5 nitrogen and oxygen atoms in total. The van der Waals surface area contributed by atoms with Crippen molar-refractivity contribution in [1.82, 2.24) is 5.32 Å². The molecule has 0 spiro atoms. The molecule has 0 heterocycles. The predicted octanol–water partition coefficient (Wildman–Crippen LogP) is 3.22. The fourth-order valence-electron chi connectivity index (χ4n) is 3.15. The van der Waals surface area contributed by atoms with Crippen LogP contribution >= 0.6 is 11.6 Å². The molecule has 0 radical (unpaired) electrons. The molecule has 1 atom stereocenters. The molecule has 2 rings (SSSR count). The Hall–Kier alpha value is -1.82. The minimum Gasteiger partial charge on any atom is -0.380 e. The monoisotopic (exact) mass is 369 g/mol. The average molecular weight is 370 g/mol. The lowest BCUT2D eigenvalue weighted by atomic mass is 9.86. The van der Waals surface area contributed by atoms with Crippen LogP contribution < -0.4 is 16.4 Å². The highest BCUT2D eigenvalue weighted by atomic mass is 35.5. The van der Waals surface area contributed by atoms with E-state index in [2.05, 4.69) is 10.6 Å². The van der Waals surface area contributed by atoms with Gasteiger partial charge in [0, 0.05) is 13.0 Å². The van der Waals surface area contributed by atoms with Gasteiger partial charge in [0.05, 0.1) is 10.7 Å². The summed E-state index contributed by atoms with van der Waals surface area (Å²) in [5.74, 6) is -0.884. The minimum absolute atomic E-state index is 0.00175. The predicted molar refractivity (Wildman–Crippen MR) is 96.8 cm³/mol. The molecule has 1 aromatic rings. The molecule has 1 aliphatic rings. The highest BCUT2D eigenvalue weighted by Gasteiger charge is 2.20. The van der Waals surface area contributed by atoms with Gasteiger partial charge in [0.1, 0.15) is 6.04 Å². The first-order chi connectivity index (χ1) is 12.0. The Bertz CT molecular complexity index is 606. The molecule has 1 unspecified atom stereocenters.